The molecule has 1 unspecified atom stereocenters. The zero-order valence-corrected chi connectivity index (χ0v) is 20.5. The van der Waals surface area contributed by atoms with Gasteiger partial charge in [0.2, 0.25) is 5.91 Å². The van der Waals surface area contributed by atoms with Crippen LogP contribution in [0.2, 0.25) is 0 Å². The van der Waals surface area contributed by atoms with E-state index in [4.69, 9.17) is 0 Å². The number of carbonyl (C=O) groups excluding carboxylic acids is 1. The number of hydrogen-bond acceptors (Lipinski definition) is 1. The maximum atomic E-state index is 13.1. The Balaban J connectivity index is 2.28. The number of likely N-dealkylation sites (tertiary alicyclic amines) is 1. The van der Waals surface area contributed by atoms with Crippen molar-refractivity contribution < 1.29 is 4.79 Å². The molecule has 29 heavy (non-hydrogen) atoms. The Morgan fingerprint density at radius 2 is 1.28 bits per heavy atom. The lowest BCUT2D eigenvalue weighted by molar-refractivity contribution is -0.137. The minimum atomic E-state index is 0.300. The van der Waals surface area contributed by atoms with Gasteiger partial charge in [-0.15, -0.1) is 0 Å². The van der Waals surface area contributed by atoms with Gasteiger partial charge < -0.3 is 4.90 Å². The Morgan fingerprint density at radius 1 is 0.759 bits per heavy atom. The van der Waals surface area contributed by atoms with E-state index < -0.39 is 0 Å². The van der Waals surface area contributed by atoms with Crippen molar-refractivity contribution in [3.05, 3.63) is 0 Å². The van der Waals surface area contributed by atoms with Crippen LogP contribution < -0.4 is 0 Å². The first kappa shape index (κ1) is 26.5. The van der Waals surface area contributed by atoms with Crippen LogP contribution >= 0.6 is 0 Å². The molecule has 1 fully saturated rings. The Labute approximate surface area is 183 Å². The third-order valence-electron chi connectivity index (χ3n) is 7.20. The lowest BCUT2D eigenvalue weighted by Crippen LogP contribution is -2.41. The van der Waals surface area contributed by atoms with Crippen LogP contribution in [0.1, 0.15) is 137 Å². The smallest absolute Gasteiger partial charge is 0.225 e. The number of rotatable bonds is 17. The summed E-state index contributed by atoms with van der Waals surface area (Å²) in [6.45, 7) is 11.3. The summed E-state index contributed by atoms with van der Waals surface area (Å²) in [7, 11) is 0. The predicted octanol–water partition coefficient (Wildman–Crippen LogP) is 8.39. The third kappa shape index (κ3) is 12.0. The van der Waals surface area contributed by atoms with Gasteiger partial charge in [-0.25, -0.2) is 0 Å². The first-order chi connectivity index (χ1) is 14.1. The third-order valence-corrected chi connectivity index (χ3v) is 7.20. The van der Waals surface area contributed by atoms with Crippen molar-refractivity contribution in [2.24, 2.45) is 17.8 Å². The van der Waals surface area contributed by atoms with Gasteiger partial charge in [0.05, 0.1) is 0 Å². The molecule has 1 heterocycles. The van der Waals surface area contributed by atoms with Crippen LogP contribution in [0.3, 0.4) is 0 Å². The SMILES string of the molecule is CCCCCC(CCCCC)C(=O)N1CCC(CCCCC(C)CCCC)CC1. The summed E-state index contributed by atoms with van der Waals surface area (Å²) in [5, 5.41) is 0. The van der Waals surface area contributed by atoms with Crippen LogP contribution in [0.5, 0.6) is 0 Å². The molecule has 1 amide bonds. The fourth-order valence-electron chi connectivity index (χ4n) is 5.00. The molecule has 0 aromatic rings. The number of amides is 1. The van der Waals surface area contributed by atoms with E-state index in [9.17, 15) is 4.79 Å². The normalized spacial score (nSPS) is 16.5. The van der Waals surface area contributed by atoms with E-state index in [2.05, 4.69) is 32.6 Å². The summed E-state index contributed by atoms with van der Waals surface area (Å²) in [5.41, 5.74) is 0. The van der Waals surface area contributed by atoms with Crippen molar-refractivity contribution in [1.29, 1.82) is 0 Å². The molecule has 0 aromatic carbocycles. The first-order valence-electron chi connectivity index (χ1n) is 13.4. The lowest BCUT2D eigenvalue weighted by atomic mass is 9.88. The molecule has 0 radical (unpaired) electrons. The minimum Gasteiger partial charge on any atom is -0.342 e. The molecular weight excluding hydrogens is 354 g/mol. The standard InChI is InChI=1S/C27H53NO/c1-5-8-11-18-26(19-12-9-6-2)27(29)28-22-20-25(21-23-28)17-14-13-16-24(4)15-10-7-3/h24-26H,5-23H2,1-4H3. The predicted molar refractivity (Wildman–Crippen MR) is 128 cm³/mol. The Bertz CT molecular complexity index is 376. The Hall–Kier alpha value is -0.530. The average Bonchev–Trinajstić information content (AvgIpc) is 2.74. The maximum Gasteiger partial charge on any atom is 0.225 e. The molecule has 1 saturated heterocycles. The van der Waals surface area contributed by atoms with Gasteiger partial charge in [0.1, 0.15) is 0 Å². The molecule has 0 spiro atoms. The largest absolute Gasteiger partial charge is 0.342 e. The molecule has 0 saturated carbocycles. The van der Waals surface area contributed by atoms with E-state index in [0.29, 0.717) is 11.8 Å². The summed E-state index contributed by atoms with van der Waals surface area (Å²) in [5.74, 6) is 2.56. The zero-order valence-electron chi connectivity index (χ0n) is 20.5. The monoisotopic (exact) mass is 407 g/mol. The second-order valence-electron chi connectivity index (χ2n) is 9.99. The van der Waals surface area contributed by atoms with Crippen molar-refractivity contribution in [1.82, 2.24) is 4.90 Å². The summed E-state index contributed by atoms with van der Waals surface area (Å²) in [4.78, 5) is 15.4. The molecule has 1 aliphatic rings. The fourth-order valence-corrected chi connectivity index (χ4v) is 5.00. The second kappa shape index (κ2) is 17.2. The highest BCUT2D eigenvalue weighted by Crippen LogP contribution is 2.27. The van der Waals surface area contributed by atoms with Crippen LogP contribution in [0, 0.1) is 17.8 Å². The molecule has 0 aliphatic carbocycles. The average molecular weight is 408 g/mol. The van der Waals surface area contributed by atoms with E-state index in [1.54, 1.807) is 0 Å². The number of nitrogens with zero attached hydrogens (tertiary/aromatic N) is 1. The van der Waals surface area contributed by atoms with Gasteiger partial charge in [0.15, 0.2) is 0 Å². The van der Waals surface area contributed by atoms with Crippen LogP contribution in [-0.4, -0.2) is 23.9 Å². The van der Waals surface area contributed by atoms with Gasteiger partial charge >= 0.3 is 0 Å². The molecule has 172 valence electrons. The molecular formula is C27H53NO. The number of carbonyl (C=O) groups is 1. The van der Waals surface area contributed by atoms with Crippen molar-refractivity contribution in [2.45, 2.75) is 137 Å². The van der Waals surface area contributed by atoms with E-state index in [1.807, 2.05) is 0 Å². The number of unbranched alkanes of at least 4 members (excludes halogenated alkanes) is 6. The zero-order chi connectivity index (χ0) is 21.3. The van der Waals surface area contributed by atoms with E-state index in [0.717, 1.165) is 37.8 Å². The molecule has 0 N–H and O–H groups in total. The van der Waals surface area contributed by atoms with E-state index in [-0.39, 0.29) is 0 Å². The molecule has 1 aliphatic heterocycles. The van der Waals surface area contributed by atoms with Crippen molar-refractivity contribution >= 4 is 5.91 Å². The highest BCUT2D eigenvalue weighted by Gasteiger charge is 2.27. The fraction of sp³-hybridized carbons (Fsp3) is 0.963. The van der Waals surface area contributed by atoms with Gasteiger partial charge in [-0.05, 0) is 37.5 Å². The molecule has 1 atom stereocenters. The first-order valence-corrected chi connectivity index (χ1v) is 13.4. The second-order valence-corrected chi connectivity index (χ2v) is 9.99. The summed E-state index contributed by atoms with van der Waals surface area (Å²) < 4.78 is 0. The highest BCUT2D eigenvalue weighted by atomic mass is 16.2. The van der Waals surface area contributed by atoms with Crippen molar-refractivity contribution in [3.8, 4) is 0 Å². The number of piperidine rings is 1. The van der Waals surface area contributed by atoms with E-state index >= 15 is 0 Å². The quantitative estimate of drug-likeness (QED) is 0.222. The van der Waals surface area contributed by atoms with Gasteiger partial charge in [0.25, 0.3) is 0 Å². The van der Waals surface area contributed by atoms with Gasteiger partial charge in [-0.1, -0.05) is 111 Å². The van der Waals surface area contributed by atoms with Crippen LogP contribution in [0.25, 0.3) is 0 Å². The molecule has 1 rings (SSSR count). The summed E-state index contributed by atoms with van der Waals surface area (Å²) in [6, 6.07) is 0. The van der Waals surface area contributed by atoms with Crippen LogP contribution in [0.15, 0.2) is 0 Å². The highest BCUT2D eigenvalue weighted by molar-refractivity contribution is 5.78. The molecule has 0 aromatic heterocycles. The Kier molecular flexibility index (Phi) is 15.7. The molecule has 0 bridgehead atoms. The summed E-state index contributed by atoms with van der Waals surface area (Å²) in [6.07, 6.45) is 22.0. The minimum absolute atomic E-state index is 0.300. The maximum absolute atomic E-state index is 13.1. The van der Waals surface area contributed by atoms with E-state index in [1.165, 1.54) is 96.3 Å². The van der Waals surface area contributed by atoms with Crippen LogP contribution in [-0.2, 0) is 4.79 Å². The van der Waals surface area contributed by atoms with Gasteiger partial charge in [-0.3, -0.25) is 4.79 Å². The lowest BCUT2D eigenvalue weighted by Gasteiger charge is -2.34. The van der Waals surface area contributed by atoms with Gasteiger partial charge in [-0.2, -0.15) is 0 Å². The molecule has 2 heteroatoms. The molecule has 2 nitrogen and oxygen atoms in total. The number of hydrogen-bond donors (Lipinski definition) is 0. The van der Waals surface area contributed by atoms with Gasteiger partial charge in [0, 0.05) is 19.0 Å². The Morgan fingerprint density at radius 3 is 1.83 bits per heavy atom. The summed E-state index contributed by atoms with van der Waals surface area (Å²) >= 11 is 0. The van der Waals surface area contributed by atoms with Crippen molar-refractivity contribution in [3.63, 3.8) is 0 Å². The van der Waals surface area contributed by atoms with Crippen molar-refractivity contribution in [2.75, 3.05) is 13.1 Å². The topological polar surface area (TPSA) is 20.3 Å². The van der Waals surface area contributed by atoms with Crippen LogP contribution in [0.4, 0.5) is 0 Å².